The molecule has 0 spiro atoms. The number of hydrogen-bond acceptors (Lipinski definition) is 4. The van der Waals surface area contributed by atoms with Crippen molar-refractivity contribution in [3.05, 3.63) is 39.8 Å². The predicted molar refractivity (Wildman–Crippen MR) is 55.3 cm³/mol. The van der Waals surface area contributed by atoms with E-state index in [1.165, 1.54) is 6.92 Å². The second-order valence-electron chi connectivity index (χ2n) is 3.40. The second-order valence-corrected chi connectivity index (χ2v) is 3.40. The largest absolute Gasteiger partial charge is 0.301 e. The van der Waals surface area contributed by atoms with E-state index in [1.54, 1.807) is 12.4 Å². The highest BCUT2D eigenvalue weighted by molar-refractivity contribution is 5.42. The van der Waals surface area contributed by atoms with Crippen LogP contribution >= 0.6 is 0 Å². The Hall–Kier alpha value is -2.11. The average molecular weight is 220 g/mol. The Morgan fingerprint density at radius 1 is 1.25 bits per heavy atom. The van der Waals surface area contributed by atoms with Gasteiger partial charge in [0.2, 0.25) is 5.82 Å². The maximum Gasteiger partial charge on any atom is 0.287 e. The van der Waals surface area contributed by atoms with Gasteiger partial charge in [0.05, 0.1) is 5.69 Å². The van der Waals surface area contributed by atoms with Crippen molar-refractivity contribution in [2.45, 2.75) is 13.8 Å². The van der Waals surface area contributed by atoms with Gasteiger partial charge in [0.15, 0.2) is 11.6 Å². The molecule has 0 unspecified atom stereocenters. The smallest absolute Gasteiger partial charge is 0.287 e. The maximum atomic E-state index is 13.0. The molecule has 0 aromatic carbocycles. The van der Waals surface area contributed by atoms with Crippen molar-refractivity contribution in [1.82, 2.24) is 19.9 Å². The van der Waals surface area contributed by atoms with Crippen LogP contribution in [0.4, 0.5) is 4.39 Å². The van der Waals surface area contributed by atoms with Crippen molar-refractivity contribution in [3.63, 3.8) is 0 Å². The number of aromatic nitrogens is 4. The van der Waals surface area contributed by atoms with Gasteiger partial charge in [0.1, 0.15) is 0 Å². The molecule has 0 aliphatic heterocycles. The van der Waals surface area contributed by atoms with E-state index >= 15 is 0 Å². The molecule has 0 aliphatic rings. The monoisotopic (exact) mass is 220 g/mol. The molecule has 82 valence electrons. The van der Waals surface area contributed by atoms with Gasteiger partial charge >= 0.3 is 0 Å². The first-order valence-corrected chi connectivity index (χ1v) is 4.63. The van der Waals surface area contributed by atoms with Gasteiger partial charge in [0, 0.05) is 12.4 Å². The highest BCUT2D eigenvalue weighted by Gasteiger charge is 2.10. The summed E-state index contributed by atoms with van der Waals surface area (Å²) in [4.78, 5) is 25.3. The fourth-order valence-corrected chi connectivity index (χ4v) is 1.19. The SMILES string of the molecule is Cc1cnc(-c2nc(C)c(F)c(=O)[nH]2)nc1. The van der Waals surface area contributed by atoms with Crippen molar-refractivity contribution in [3.8, 4) is 11.6 Å². The van der Waals surface area contributed by atoms with E-state index in [1.807, 2.05) is 6.92 Å². The van der Waals surface area contributed by atoms with Crippen LogP contribution < -0.4 is 5.56 Å². The van der Waals surface area contributed by atoms with Crippen LogP contribution in [0, 0.1) is 19.7 Å². The summed E-state index contributed by atoms with van der Waals surface area (Å²) in [5, 5.41) is 0. The zero-order valence-corrected chi connectivity index (χ0v) is 8.78. The molecule has 0 fully saturated rings. The van der Waals surface area contributed by atoms with Gasteiger partial charge in [0.25, 0.3) is 5.56 Å². The Labute approximate surface area is 90.4 Å². The quantitative estimate of drug-likeness (QED) is 0.777. The minimum atomic E-state index is -0.879. The van der Waals surface area contributed by atoms with Crippen molar-refractivity contribution >= 4 is 0 Å². The molecule has 0 aliphatic carbocycles. The number of aryl methyl sites for hydroxylation is 2. The summed E-state index contributed by atoms with van der Waals surface area (Å²) in [5.74, 6) is -0.439. The molecule has 1 N–H and O–H groups in total. The zero-order chi connectivity index (χ0) is 11.7. The Kier molecular flexibility index (Phi) is 2.47. The molecule has 6 heteroatoms. The molecule has 0 amide bonds. The van der Waals surface area contributed by atoms with Gasteiger partial charge in [-0.15, -0.1) is 0 Å². The molecule has 5 nitrogen and oxygen atoms in total. The van der Waals surface area contributed by atoms with Crippen molar-refractivity contribution in [2.75, 3.05) is 0 Å². The van der Waals surface area contributed by atoms with Crippen LogP contribution in [0.15, 0.2) is 17.2 Å². The van der Waals surface area contributed by atoms with Gasteiger partial charge < -0.3 is 4.98 Å². The Morgan fingerprint density at radius 2 is 1.88 bits per heavy atom. The lowest BCUT2D eigenvalue weighted by Crippen LogP contribution is -2.16. The minimum Gasteiger partial charge on any atom is -0.301 e. The Morgan fingerprint density at radius 3 is 2.44 bits per heavy atom. The van der Waals surface area contributed by atoms with E-state index in [2.05, 4.69) is 19.9 Å². The highest BCUT2D eigenvalue weighted by atomic mass is 19.1. The van der Waals surface area contributed by atoms with Crippen LogP contribution in [0.5, 0.6) is 0 Å². The Balaban J connectivity index is 2.57. The van der Waals surface area contributed by atoms with E-state index in [9.17, 15) is 9.18 Å². The molecule has 2 aromatic heterocycles. The third-order valence-electron chi connectivity index (χ3n) is 2.02. The van der Waals surface area contributed by atoms with Crippen molar-refractivity contribution < 1.29 is 4.39 Å². The van der Waals surface area contributed by atoms with E-state index in [0.717, 1.165) is 5.56 Å². The summed E-state index contributed by atoms with van der Waals surface area (Å²) >= 11 is 0. The molecule has 0 atom stereocenters. The molecule has 2 heterocycles. The van der Waals surface area contributed by atoms with Gasteiger partial charge in [-0.05, 0) is 19.4 Å². The first-order valence-electron chi connectivity index (χ1n) is 4.63. The molecule has 0 saturated carbocycles. The molecular formula is C10H9FN4O. The topological polar surface area (TPSA) is 71.5 Å². The number of nitrogens with one attached hydrogen (secondary N) is 1. The van der Waals surface area contributed by atoms with Gasteiger partial charge in [-0.2, -0.15) is 4.39 Å². The van der Waals surface area contributed by atoms with Gasteiger partial charge in [-0.25, -0.2) is 15.0 Å². The number of halogens is 1. The molecule has 0 saturated heterocycles. The first-order chi connectivity index (χ1) is 7.58. The zero-order valence-electron chi connectivity index (χ0n) is 8.78. The van der Waals surface area contributed by atoms with E-state index in [4.69, 9.17) is 0 Å². The first kappa shape index (κ1) is 10.4. The predicted octanol–water partition coefficient (Wildman–Crippen LogP) is 0.983. The fraction of sp³-hybridized carbons (Fsp3) is 0.200. The van der Waals surface area contributed by atoms with E-state index < -0.39 is 11.4 Å². The van der Waals surface area contributed by atoms with Crippen molar-refractivity contribution in [2.24, 2.45) is 0 Å². The van der Waals surface area contributed by atoms with Crippen LogP contribution in [0.25, 0.3) is 11.6 Å². The third kappa shape index (κ3) is 1.81. The second kappa shape index (κ2) is 3.80. The summed E-state index contributed by atoms with van der Waals surface area (Å²) in [6.07, 6.45) is 3.20. The van der Waals surface area contributed by atoms with E-state index in [-0.39, 0.29) is 17.3 Å². The van der Waals surface area contributed by atoms with Crippen LogP contribution in [0.3, 0.4) is 0 Å². The molecular weight excluding hydrogens is 211 g/mol. The highest BCUT2D eigenvalue weighted by Crippen LogP contribution is 2.08. The third-order valence-corrected chi connectivity index (χ3v) is 2.02. The number of rotatable bonds is 1. The molecule has 2 aromatic rings. The van der Waals surface area contributed by atoms with Crippen LogP contribution in [-0.2, 0) is 0 Å². The molecule has 16 heavy (non-hydrogen) atoms. The average Bonchev–Trinajstić information content (AvgIpc) is 2.26. The van der Waals surface area contributed by atoms with Gasteiger partial charge in [-0.1, -0.05) is 0 Å². The number of H-pyrrole nitrogens is 1. The summed E-state index contributed by atoms with van der Waals surface area (Å²) in [7, 11) is 0. The fourth-order valence-electron chi connectivity index (χ4n) is 1.19. The van der Waals surface area contributed by atoms with Crippen molar-refractivity contribution in [1.29, 1.82) is 0 Å². The number of aromatic amines is 1. The molecule has 0 radical (unpaired) electrons. The normalized spacial score (nSPS) is 10.4. The summed E-state index contributed by atoms with van der Waals surface area (Å²) in [6.45, 7) is 3.26. The summed E-state index contributed by atoms with van der Waals surface area (Å²) in [6, 6.07) is 0. The van der Waals surface area contributed by atoms with Crippen LogP contribution in [0.2, 0.25) is 0 Å². The maximum absolute atomic E-state index is 13.0. The van der Waals surface area contributed by atoms with Crippen LogP contribution in [-0.4, -0.2) is 19.9 Å². The Bertz CT molecular complexity index is 576. The lowest BCUT2D eigenvalue weighted by atomic mass is 10.3. The summed E-state index contributed by atoms with van der Waals surface area (Å²) in [5.41, 5.74) is 0.111. The number of hydrogen-bond donors (Lipinski definition) is 1. The van der Waals surface area contributed by atoms with Crippen LogP contribution in [0.1, 0.15) is 11.3 Å². The number of nitrogens with zero attached hydrogens (tertiary/aromatic N) is 3. The standard InChI is InChI=1S/C10H9FN4O/c1-5-3-12-8(13-4-5)9-14-6(2)7(11)10(16)15-9/h3-4H,1-2H3,(H,14,15,16). The molecule has 0 bridgehead atoms. The van der Waals surface area contributed by atoms with E-state index in [0.29, 0.717) is 0 Å². The van der Waals surface area contributed by atoms with Gasteiger partial charge in [-0.3, -0.25) is 4.79 Å². The molecule has 2 rings (SSSR count). The summed E-state index contributed by atoms with van der Waals surface area (Å²) < 4.78 is 13.0. The minimum absolute atomic E-state index is 0.0305. The lowest BCUT2D eigenvalue weighted by Gasteiger charge is -2.01. The lowest BCUT2D eigenvalue weighted by molar-refractivity contribution is 0.589.